The number of carbonyl (C=O) groups is 1. The minimum Gasteiger partial charge on any atom is -0.481 e. The monoisotopic (exact) mass is 375 g/mol. The van der Waals surface area contributed by atoms with Gasteiger partial charge in [0, 0.05) is 0 Å². The molecular formula is C24H41NO2. The summed E-state index contributed by atoms with van der Waals surface area (Å²) in [7, 11) is 0. The van der Waals surface area contributed by atoms with Gasteiger partial charge in [-0.2, -0.15) is 0 Å². The molecule has 4 atom stereocenters. The van der Waals surface area contributed by atoms with Crippen LogP contribution in [-0.4, -0.2) is 24.2 Å². The van der Waals surface area contributed by atoms with E-state index >= 15 is 0 Å². The lowest BCUT2D eigenvalue weighted by Crippen LogP contribution is -2.53. The molecule has 3 aliphatic carbocycles. The third-order valence-electron chi connectivity index (χ3n) is 7.57. The van der Waals surface area contributed by atoms with E-state index in [-0.39, 0.29) is 11.3 Å². The molecule has 1 fully saturated rings. The zero-order valence-corrected chi connectivity index (χ0v) is 18.4. The maximum Gasteiger partial charge on any atom is 0.309 e. The molecule has 3 heteroatoms. The fourth-order valence-corrected chi connectivity index (χ4v) is 5.85. The standard InChI is InChI=1S/C20H30O2.C4H11N/c1-13(2)14-6-8-16-15(12-14)7-9-17-19(16,3)10-5-11-20(17,4)18(21)22;1-3-5-4-2/h7,12-13,16-17H,5-6,8-11H2,1-4H3,(H,21,22);5H,3-4H2,1-2H3/t16-,17+,19+,20+;/m0./s1. The topological polar surface area (TPSA) is 49.3 Å². The van der Waals surface area contributed by atoms with Gasteiger partial charge in [-0.1, -0.05) is 58.8 Å². The molecule has 0 aromatic carbocycles. The maximum atomic E-state index is 11.9. The Labute approximate surface area is 166 Å². The summed E-state index contributed by atoms with van der Waals surface area (Å²) in [5.41, 5.74) is 2.69. The van der Waals surface area contributed by atoms with Gasteiger partial charge in [-0.05, 0) is 80.9 Å². The van der Waals surface area contributed by atoms with Crippen molar-refractivity contribution in [1.82, 2.24) is 5.32 Å². The number of allylic oxidation sites excluding steroid dienone is 4. The van der Waals surface area contributed by atoms with Crippen molar-refractivity contribution in [3.8, 4) is 0 Å². The molecule has 0 radical (unpaired) electrons. The Morgan fingerprint density at radius 3 is 2.44 bits per heavy atom. The van der Waals surface area contributed by atoms with Crippen LogP contribution in [-0.2, 0) is 4.79 Å². The van der Waals surface area contributed by atoms with E-state index in [1.807, 2.05) is 6.92 Å². The predicted molar refractivity (Wildman–Crippen MR) is 114 cm³/mol. The molecule has 3 rings (SSSR count). The molecule has 0 aliphatic heterocycles. The molecule has 0 spiro atoms. The summed E-state index contributed by atoms with van der Waals surface area (Å²) in [5, 5.41) is 12.9. The molecule has 1 saturated carbocycles. The first kappa shape index (κ1) is 22.2. The van der Waals surface area contributed by atoms with Crippen molar-refractivity contribution in [2.45, 2.75) is 80.1 Å². The Bertz CT molecular complexity index is 589. The van der Waals surface area contributed by atoms with Crippen LogP contribution in [0.15, 0.2) is 23.3 Å². The first-order chi connectivity index (χ1) is 12.7. The number of hydrogen-bond donors (Lipinski definition) is 2. The van der Waals surface area contributed by atoms with E-state index in [9.17, 15) is 9.90 Å². The van der Waals surface area contributed by atoms with E-state index < -0.39 is 11.4 Å². The third kappa shape index (κ3) is 4.34. The largest absolute Gasteiger partial charge is 0.481 e. The van der Waals surface area contributed by atoms with Crippen LogP contribution in [0, 0.1) is 28.6 Å². The summed E-state index contributed by atoms with van der Waals surface area (Å²) in [6, 6.07) is 0. The summed E-state index contributed by atoms with van der Waals surface area (Å²) in [6.45, 7) is 15.3. The van der Waals surface area contributed by atoms with Crippen LogP contribution >= 0.6 is 0 Å². The van der Waals surface area contributed by atoms with Crippen molar-refractivity contribution in [3.05, 3.63) is 23.3 Å². The van der Waals surface area contributed by atoms with Crippen molar-refractivity contribution in [1.29, 1.82) is 0 Å². The summed E-state index contributed by atoms with van der Waals surface area (Å²) in [6.07, 6.45) is 11.2. The van der Waals surface area contributed by atoms with E-state index in [0.717, 1.165) is 32.4 Å². The molecule has 154 valence electrons. The van der Waals surface area contributed by atoms with Crippen LogP contribution < -0.4 is 5.32 Å². The van der Waals surface area contributed by atoms with Crippen LogP contribution in [0.3, 0.4) is 0 Å². The van der Waals surface area contributed by atoms with E-state index in [4.69, 9.17) is 0 Å². The zero-order chi connectivity index (χ0) is 20.2. The fourth-order valence-electron chi connectivity index (χ4n) is 5.85. The number of hydrogen-bond acceptors (Lipinski definition) is 2. The van der Waals surface area contributed by atoms with Crippen LogP contribution in [0.1, 0.15) is 80.1 Å². The van der Waals surface area contributed by atoms with Gasteiger partial charge in [-0.3, -0.25) is 4.79 Å². The predicted octanol–water partition coefficient (Wildman–Crippen LogP) is 5.82. The van der Waals surface area contributed by atoms with Gasteiger partial charge in [0.05, 0.1) is 5.41 Å². The number of aliphatic carboxylic acids is 1. The first-order valence-electron chi connectivity index (χ1n) is 11.0. The minimum absolute atomic E-state index is 0.161. The van der Waals surface area contributed by atoms with Gasteiger partial charge in [-0.15, -0.1) is 0 Å². The van der Waals surface area contributed by atoms with Crippen molar-refractivity contribution in [2.75, 3.05) is 13.1 Å². The fraction of sp³-hybridized carbons (Fsp3) is 0.792. The van der Waals surface area contributed by atoms with Crippen molar-refractivity contribution >= 4 is 5.97 Å². The molecule has 0 aromatic rings. The summed E-state index contributed by atoms with van der Waals surface area (Å²) >= 11 is 0. The second kappa shape index (κ2) is 8.94. The Hall–Kier alpha value is -1.09. The van der Waals surface area contributed by atoms with Crippen LogP contribution in [0.5, 0.6) is 0 Å². The van der Waals surface area contributed by atoms with Crippen LogP contribution in [0.25, 0.3) is 0 Å². The zero-order valence-electron chi connectivity index (χ0n) is 18.4. The summed E-state index contributed by atoms with van der Waals surface area (Å²) < 4.78 is 0. The first-order valence-corrected chi connectivity index (χ1v) is 11.0. The lowest BCUT2D eigenvalue weighted by Gasteiger charge is -2.57. The molecule has 3 aliphatic rings. The van der Waals surface area contributed by atoms with Gasteiger partial charge < -0.3 is 10.4 Å². The van der Waals surface area contributed by atoms with Gasteiger partial charge >= 0.3 is 5.97 Å². The Balaban J connectivity index is 0.000000465. The molecule has 3 nitrogen and oxygen atoms in total. The minimum atomic E-state index is -0.588. The van der Waals surface area contributed by atoms with Gasteiger partial charge in [-0.25, -0.2) is 0 Å². The number of carboxylic acid groups (broad SMARTS) is 1. The molecular weight excluding hydrogens is 334 g/mol. The number of fused-ring (bicyclic) bond motifs is 3. The molecule has 0 heterocycles. The van der Waals surface area contributed by atoms with E-state index in [2.05, 4.69) is 52.1 Å². The molecule has 0 unspecified atom stereocenters. The van der Waals surface area contributed by atoms with Gasteiger partial charge in [0.15, 0.2) is 0 Å². The van der Waals surface area contributed by atoms with Gasteiger partial charge in [0.25, 0.3) is 0 Å². The molecule has 0 saturated heterocycles. The highest BCUT2D eigenvalue weighted by Gasteiger charge is 2.57. The highest BCUT2D eigenvalue weighted by atomic mass is 16.4. The van der Waals surface area contributed by atoms with Crippen LogP contribution in [0.2, 0.25) is 0 Å². The van der Waals surface area contributed by atoms with E-state index in [0.29, 0.717) is 11.8 Å². The average molecular weight is 376 g/mol. The molecule has 0 bridgehead atoms. The highest BCUT2D eigenvalue weighted by molar-refractivity contribution is 5.75. The molecule has 27 heavy (non-hydrogen) atoms. The second-order valence-electron chi connectivity index (χ2n) is 9.50. The number of rotatable bonds is 4. The normalized spacial score (nSPS) is 35.2. The molecule has 2 N–H and O–H groups in total. The Kier molecular flexibility index (Phi) is 7.35. The van der Waals surface area contributed by atoms with Crippen molar-refractivity contribution in [2.24, 2.45) is 28.6 Å². The lowest BCUT2D eigenvalue weighted by atomic mass is 9.47. The average Bonchev–Trinajstić information content (AvgIpc) is 2.62. The number of nitrogens with one attached hydrogen (secondary N) is 1. The van der Waals surface area contributed by atoms with Gasteiger partial charge in [0.2, 0.25) is 0 Å². The van der Waals surface area contributed by atoms with E-state index in [1.165, 1.54) is 24.8 Å². The summed E-state index contributed by atoms with van der Waals surface area (Å²) in [4.78, 5) is 11.9. The molecule has 0 aromatic heterocycles. The Morgan fingerprint density at radius 2 is 1.93 bits per heavy atom. The smallest absolute Gasteiger partial charge is 0.309 e. The van der Waals surface area contributed by atoms with Gasteiger partial charge in [0.1, 0.15) is 0 Å². The quantitative estimate of drug-likeness (QED) is 0.650. The highest BCUT2D eigenvalue weighted by Crippen LogP contribution is 2.62. The van der Waals surface area contributed by atoms with Crippen molar-refractivity contribution in [3.63, 3.8) is 0 Å². The lowest BCUT2D eigenvalue weighted by molar-refractivity contribution is -0.162. The Morgan fingerprint density at radius 1 is 1.26 bits per heavy atom. The maximum absolute atomic E-state index is 11.9. The number of carboxylic acids is 1. The van der Waals surface area contributed by atoms with Crippen molar-refractivity contribution < 1.29 is 9.90 Å². The van der Waals surface area contributed by atoms with E-state index in [1.54, 1.807) is 5.57 Å². The molecule has 0 amide bonds. The van der Waals surface area contributed by atoms with Crippen LogP contribution in [0.4, 0.5) is 0 Å². The second-order valence-corrected chi connectivity index (χ2v) is 9.50. The SMILES string of the molecule is CC(C)C1=CC2=CC[C@@H]3[C@](C)(CCC[C@@]3(C)C(=O)O)[C@H]2CC1.CCNCC. The summed E-state index contributed by atoms with van der Waals surface area (Å²) in [5.74, 6) is 0.888. The third-order valence-corrected chi connectivity index (χ3v) is 7.57.